The molecule has 0 aromatic carbocycles. The van der Waals surface area contributed by atoms with Gasteiger partial charge in [-0.2, -0.15) is 0 Å². The summed E-state index contributed by atoms with van der Waals surface area (Å²) in [6.07, 6.45) is 3.71. The molecule has 196 valence electrons. The summed E-state index contributed by atoms with van der Waals surface area (Å²) in [5, 5.41) is 0. The molecule has 10 heteroatoms. The molecule has 0 spiro atoms. The van der Waals surface area contributed by atoms with Crippen LogP contribution in [0.25, 0.3) is 0 Å². The number of esters is 2. The summed E-state index contributed by atoms with van der Waals surface area (Å²) in [6, 6.07) is 6.50. The second-order valence-corrected chi connectivity index (χ2v) is 7.48. The van der Waals surface area contributed by atoms with Gasteiger partial charge < -0.3 is 24.7 Å². The van der Waals surface area contributed by atoms with Gasteiger partial charge >= 0.3 is 11.9 Å². The Morgan fingerprint density at radius 3 is 1.89 bits per heavy atom. The van der Waals surface area contributed by atoms with E-state index >= 15 is 0 Å². The average Bonchev–Trinajstić information content (AvgIpc) is 2.81. The van der Waals surface area contributed by atoms with E-state index in [0.717, 1.165) is 12.0 Å². The summed E-state index contributed by atoms with van der Waals surface area (Å²) in [5.41, 5.74) is 6.34. The lowest BCUT2D eigenvalue weighted by Gasteiger charge is -2.12. The summed E-state index contributed by atoms with van der Waals surface area (Å²) < 4.78 is 32.1. The number of rotatable bonds is 10. The highest BCUT2D eigenvalue weighted by Gasteiger charge is 2.15. The Labute approximate surface area is 207 Å². The number of carbonyl (C=O) groups excluding carboxylic acids is 2. The molecule has 2 aromatic heterocycles. The zero-order valence-corrected chi connectivity index (χ0v) is 21.5. The number of halogens is 1. The van der Waals surface area contributed by atoms with Crippen LogP contribution in [0.1, 0.15) is 54.2 Å². The highest BCUT2D eigenvalue weighted by molar-refractivity contribution is 5.88. The third-order valence-electron chi connectivity index (χ3n) is 4.04. The zero-order valence-electron chi connectivity index (χ0n) is 21.5. The third-order valence-corrected chi connectivity index (χ3v) is 4.04. The van der Waals surface area contributed by atoms with Gasteiger partial charge in [-0.05, 0) is 56.9 Å². The molecule has 0 saturated heterocycles. The number of pyridine rings is 2. The van der Waals surface area contributed by atoms with Crippen molar-refractivity contribution >= 4 is 11.9 Å². The van der Waals surface area contributed by atoms with Gasteiger partial charge in [0.15, 0.2) is 17.2 Å². The van der Waals surface area contributed by atoms with Crippen molar-refractivity contribution in [2.45, 2.75) is 40.2 Å². The van der Waals surface area contributed by atoms with Crippen molar-refractivity contribution in [1.82, 2.24) is 9.97 Å². The van der Waals surface area contributed by atoms with Crippen LogP contribution >= 0.6 is 0 Å². The molecule has 2 heterocycles. The first-order valence-electron chi connectivity index (χ1n) is 11.3. The molecule has 2 N–H and O–H groups in total. The molecule has 0 saturated carbocycles. The van der Waals surface area contributed by atoms with E-state index in [0.29, 0.717) is 31.4 Å². The standard InChI is InChI=1S/C13H19NO3.C8H8FNO2.C4H11NO/c1-4-17-13(15)12-11(6-5-7-14-12)8-10(2)9-16-3;1-2-12-8(11)7-6(9)4-3-5-10-7;1-4(5)3-6-2/h5-7,10H,4,8-9H2,1-3H3;3-5H,2H2,1H3;4H,3,5H2,1-2H3. The van der Waals surface area contributed by atoms with Crippen molar-refractivity contribution < 1.29 is 32.9 Å². The van der Waals surface area contributed by atoms with Crippen LogP contribution in [0.2, 0.25) is 0 Å². The van der Waals surface area contributed by atoms with Crippen LogP contribution in [0.4, 0.5) is 4.39 Å². The molecule has 2 atom stereocenters. The van der Waals surface area contributed by atoms with Crippen LogP contribution in [-0.2, 0) is 25.4 Å². The molecule has 9 nitrogen and oxygen atoms in total. The van der Waals surface area contributed by atoms with E-state index in [1.807, 2.05) is 19.1 Å². The van der Waals surface area contributed by atoms with E-state index in [-0.39, 0.29) is 24.3 Å². The molecule has 0 bridgehead atoms. The second kappa shape index (κ2) is 19.4. The van der Waals surface area contributed by atoms with Crippen molar-refractivity contribution in [3.63, 3.8) is 0 Å². The predicted octanol–water partition coefficient (Wildman–Crippen LogP) is 3.46. The van der Waals surface area contributed by atoms with Crippen LogP contribution in [0.3, 0.4) is 0 Å². The van der Waals surface area contributed by atoms with Crippen molar-refractivity contribution in [2.75, 3.05) is 40.6 Å². The monoisotopic (exact) mass is 495 g/mol. The van der Waals surface area contributed by atoms with Crippen LogP contribution < -0.4 is 5.73 Å². The first-order valence-corrected chi connectivity index (χ1v) is 11.3. The maximum absolute atomic E-state index is 12.8. The summed E-state index contributed by atoms with van der Waals surface area (Å²) >= 11 is 0. The van der Waals surface area contributed by atoms with Gasteiger partial charge in [-0.3, -0.25) is 0 Å². The molecule has 35 heavy (non-hydrogen) atoms. The maximum Gasteiger partial charge on any atom is 0.359 e. The molecule has 2 aromatic rings. The average molecular weight is 496 g/mol. The molecular weight excluding hydrogens is 457 g/mol. The fraction of sp³-hybridized carbons (Fsp3) is 0.520. The number of ether oxygens (including phenoxy) is 4. The molecule has 0 amide bonds. The Hall–Kier alpha value is -2.95. The van der Waals surface area contributed by atoms with E-state index in [1.54, 1.807) is 34.3 Å². The number of hydrogen-bond donors (Lipinski definition) is 1. The molecule has 0 fully saturated rings. The summed E-state index contributed by atoms with van der Waals surface area (Å²) in [5.74, 6) is -1.39. The Kier molecular flexibility index (Phi) is 17.7. The minimum Gasteiger partial charge on any atom is -0.461 e. The Morgan fingerprint density at radius 1 is 0.914 bits per heavy atom. The van der Waals surface area contributed by atoms with E-state index < -0.39 is 11.8 Å². The fourth-order valence-corrected chi connectivity index (χ4v) is 2.70. The molecule has 0 aliphatic carbocycles. The lowest BCUT2D eigenvalue weighted by atomic mass is 10.0. The quantitative estimate of drug-likeness (QED) is 0.494. The van der Waals surface area contributed by atoms with E-state index in [4.69, 9.17) is 15.2 Å². The molecule has 0 aliphatic heterocycles. The molecular formula is C25H38FN3O6. The first-order chi connectivity index (χ1) is 16.7. The van der Waals surface area contributed by atoms with Gasteiger partial charge in [0.25, 0.3) is 0 Å². The van der Waals surface area contributed by atoms with E-state index in [1.165, 1.54) is 18.3 Å². The minimum absolute atomic E-state index is 0.176. The topological polar surface area (TPSA) is 123 Å². The number of carbonyl (C=O) groups is 2. The first kappa shape index (κ1) is 32.0. The number of aromatic nitrogens is 2. The van der Waals surface area contributed by atoms with Crippen molar-refractivity contribution in [2.24, 2.45) is 11.7 Å². The SMILES string of the molecule is CCOC(=O)c1ncccc1CC(C)COC.CCOC(=O)c1ncccc1F.COCC(C)N. The van der Waals surface area contributed by atoms with Crippen LogP contribution in [-0.4, -0.2) is 68.6 Å². The minimum atomic E-state index is -0.726. The van der Waals surface area contributed by atoms with E-state index in [9.17, 15) is 14.0 Å². The lowest BCUT2D eigenvalue weighted by molar-refractivity contribution is 0.0505. The summed E-state index contributed by atoms with van der Waals surface area (Å²) in [6.45, 7) is 9.32. The highest BCUT2D eigenvalue weighted by atomic mass is 19.1. The Bertz CT molecular complexity index is 867. The second-order valence-electron chi connectivity index (χ2n) is 7.48. The van der Waals surface area contributed by atoms with Gasteiger partial charge in [-0.1, -0.05) is 13.0 Å². The fourth-order valence-electron chi connectivity index (χ4n) is 2.70. The Morgan fingerprint density at radius 2 is 1.43 bits per heavy atom. The van der Waals surface area contributed by atoms with Gasteiger partial charge in [0.1, 0.15) is 0 Å². The molecule has 2 rings (SSSR count). The molecule has 0 radical (unpaired) electrons. The predicted molar refractivity (Wildman–Crippen MR) is 131 cm³/mol. The van der Waals surface area contributed by atoms with Crippen molar-refractivity contribution in [3.05, 3.63) is 59.4 Å². The zero-order chi connectivity index (χ0) is 26.6. The third kappa shape index (κ3) is 14.1. The number of nitrogens with zero attached hydrogens (tertiary/aromatic N) is 2. The highest BCUT2D eigenvalue weighted by Crippen LogP contribution is 2.13. The van der Waals surface area contributed by atoms with Gasteiger partial charge in [0.05, 0.1) is 19.8 Å². The number of nitrogens with two attached hydrogens (primary N) is 1. The van der Waals surface area contributed by atoms with Crippen LogP contribution in [0.15, 0.2) is 36.7 Å². The van der Waals surface area contributed by atoms with Crippen LogP contribution in [0.5, 0.6) is 0 Å². The van der Waals surface area contributed by atoms with Crippen molar-refractivity contribution in [3.8, 4) is 0 Å². The van der Waals surface area contributed by atoms with Crippen molar-refractivity contribution in [1.29, 1.82) is 0 Å². The largest absolute Gasteiger partial charge is 0.461 e. The summed E-state index contributed by atoms with van der Waals surface area (Å²) in [4.78, 5) is 30.3. The maximum atomic E-state index is 12.8. The van der Waals surface area contributed by atoms with E-state index in [2.05, 4.69) is 26.4 Å². The lowest BCUT2D eigenvalue weighted by Crippen LogP contribution is -2.20. The number of methoxy groups -OCH3 is 2. The van der Waals surface area contributed by atoms with Gasteiger partial charge in [-0.25, -0.2) is 23.9 Å². The number of hydrogen-bond acceptors (Lipinski definition) is 9. The normalized spacial score (nSPS) is 11.7. The molecule has 0 aliphatic rings. The Balaban J connectivity index is 0.000000557. The van der Waals surface area contributed by atoms with Gasteiger partial charge in [0, 0.05) is 39.3 Å². The van der Waals surface area contributed by atoms with Gasteiger partial charge in [-0.15, -0.1) is 0 Å². The molecule has 2 unspecified atom stereocenters. The van der Waals surface area contributed by atoms with Gasteiger partial charge in [0.2, 0.25) is 0 Å². The summed E-state index contributed by atoms with van der Waals surface area (Å²) in [7, 11) is 3.31. The smallest absolute Gasteiger partial charge is 0.359 e. The van der Waals surface area contributed by atoms with Crippen LogP contribution in [0, 0.1) is 11.7 Å².